The van der Waals surface area contributed by atoms with Gasteiger partial charge in [-0.15, -0.1) is 0 Å². The monoisotopic (exact) mass is 355 g/mol. The molecule has 1 aliphatic rings. The molecule has 0 radical (unpaired) electrons. The number of piperazine rings is 1. The van der Waals surface area contributed by atoms with Crippen LogP contribution in [-0.4, -0.2) is 59.0 Å². The van der Waals surface area contributed by atoms with Gasteiger partial charge in [-0.2, -0.15) is 0 Å². The van der Waals surface area contributed by atoms with Gasteiger partial charge in [-0.3, -0.25) is 9.59 Å². The number of carbonyl (C=O) groups is 2. The maximum atomic E-state index is 12.4. The van der Waals surface area contributed by atoms with Crippen molar-refractivity contribution >= 4 is 11.8 Å². The zero-order valence-electron chi connectivity index (χ0n) is 15.4. The Hall–Kier alpha value is -2.76. The number of hydrogen-bond acceptors (Lipinski definition) is 3. The van der Waals surface area contributed by atoms with Crippen LogP contribution in [0, 0.1) is 6.92 Å². The summed E-state index contributed by atoms with van der Waals surface area (Å²) in [5.41, 5.74) is 2.17. The third-order valence-electron chi connectivity index (χ3n) is 4.62. The molecule has 2 heterocycles. The van der Waals surface area contributed by atoms with E-state index in [4.69, 9.17) is 4.74 Å². The lowest BCUT2D eigenvalue weighted by molar-refractivity contribution is -0.140. The molecule has 0 spiro atoms. The number of hydrogen-bond donors (Lipinski definition) is 0. The Morgan fingerprint density at radius 3 is 2.15 bits per heavy atom. The van der Waals surface area contributed by atoms with Gasteiger partial charge < -0.3 is 19.1 Å². The number of benzene rings is 1. The topological polar surface area (TPSA) is 54.8 Å². The molecule has 1 fully saturated rings. The summed E-state index contributed by atoms with van der Waals surface area (Å²) >= 11 is 0. The molecule has 0 N–H and O–H groups in total. The maximum absolute atomic E-state index is 12.4. The number of rotatable bonds is 5. The molecule has 1 aromatic carbocycles. The minimum absolute atomic E-state index is 0.0288. The summed E-state index contributed by atoms with van der Waals surface area (Å²) < 4.78 is 7.50. The summed E-state index contributed by atoms with van der Waals surface area (Å²) in [5, 5.41) is 0. The van der Waals surface area contributed by atoms with Crippen molar-refractivity contribution in [3.05, 3.63) is 53.9 Å². The van der Waals surface area contributed by atoms with Crippen molar-refractivity contribution in [2.45, 2.75) is 13.3 Å². The molecule has 0 unspecified atom stereocenters. The minimum Gasteiger partial charge on any atom is -0.484 e. The number of nitrogens with zero attached hydrogens (tertiary/aromatic N) is 3. The molecule has 0 saturated carbocycles. The van der Waals surface area contributed by atoms with E-state index in [2.05, 4.69) is 0 Å². The molecule has 0 atom stereocenters. The van der Waals surface area contributed by atoms with Crippen molar-refractivity contribution in [3.63, 3.8) is 0 Å². The maximum Gasteiger partial charge on any atom is 0.260 e. The second-order valence-corrected chi connectivity index (χ2v) is 6.73. The smallest absolute Gasteiger partial charge is 0.260 e. The van der Waals surface area contributed by atoms with Crippen molar-refractivity contribution in [1.29, 1.82) is 0 Å². The van der Waals surface area contributed by atoms with E-state index in [9.17, 15) is 9.59 Å². The van der Waals surface area contributed by atoms with Gasteiger partial charge in [0.05, 0.1) is 6.42 Å². The lowest BCUT2D eigenvalue weighted by Gasteiger charge is -2.34. The van der Waals surface area contributed by atoms with E-state index in [0.717, 1.165) is 11.1 Å². The minimum atomic E-state index is -0.0410. The summed E-state index contributed by atoms with van der Waals surface area (Å²) in [6.07, 6.45) is 4.30. The second-order valence-electron chi connectivity index (χ2n) is 6.73. The Bertz CT molecular complexity index is 759. The van der Waals surface area contributed by atoms with Crippen LogP contribution in [0.2, 0.25) is 0 Å². The molecule has 1 aromatic heterocycles. The van der Waals surface area contributed by atoms with E-state index >= 15 is 0 Å². The molecule has 6 heteroatoms. The molecule has 1 aliphatic heterocycles. The highest BCUT2D eigenvalue weighted by molar-refractivity contribution is 5.80. The summed E-state index contributed by atoms with van der Waals surface area (Å²) in [7, 11) is 1.94. The molecule has 2 amide bonds. The molecular formula is C20H25N3O3. The molecule has 1 saturated heterocycles. The number of amides is 2. The third-order valence-corrected chi connectivity index (χ3v) is 4.62. The van der Waals surface area contributed by atoms with Gasteiger partial charge in [-0.1, -0.05) is 17.7 Å². The number of aromatic nitrogens is 1. The molecule has 3 rings (SSSR count). The Kier molecular flexibility index (Phi) is 5.61. The largest absolute Gasteiger partial charge is 0.484 e. The molecule has 2 aromatic rings. The standard InChI is InChI=1S/C20H25N3O3/c1-16-3-5-18(6-4-16)26-15-20(25)23-11-9-22(10-12-23)19(24)13-17-7-8-21(2)14-17/h3-8,14H,9-13,15H2,1-2H3. The van der Waals surface area contributed by atoms with Gasteiger partial charge in [0.1, 0.15) is 5.75 Å². The zero-order valence-corrected chi connectivity index (χ0v) is 15.4. The fraction of sp³-hybridized carbons (Fsp3) is 0.400. The van der Waals surface area contributed by atoms with E-state index in [0.29, 0.717) is 38.3 Å². The lowest BCUT2D eigenvalue weighted by Crippen LogP contribution is -2.52. The first-order valence-electron chi connectivity index (χ1n) is 8.87. The van der Waals surface area contributed by atoms with Crippen LogP contribution in [-0.2, 0) is 23.1 Å². The first-order chi connectivity index (χ1) is 12.5. The van der Waals surface area contributed by atoms with Crippen molar-refractivity contribution in [2.75, 3.05) is 32.8 Å². The highest BCUT2D eigenvalue weighted by atomic mass is 16.5. The van der Waals surface area contributed by atoms with E-state index in [1.54, 1.807) is 4.90 Å². The Morgan fingerprint density at radius 2 is 1.58 bits per heavy atom. The molecular weight excluding hydrogens is 330 g/mol. The first kappa shape index (κ1) is 18.0. The van der Waals surface area contributed by atoms with Crippen LogP contribution in [0.5, 0.6) is 5.75 Å². The summed E-state index contributed by atoms with van der Waals surface area (Å²) in [5.74, 6) is 0.764. The van der Waals surface area contributed by atoms with Gasteiger partial charge in [-0.05, 0) is 30.7 Å². The Morgan fingerprint density at radius 1 is 0.962 bits per heavy atom. The number of ether oxygens (including phenoxy) is 1. The normalized spacial score (nSPS) is 14.4. The van der Waals surface area contributed by atoms with Crippen LogP contribution >= 0.6 is 0 Å². The van der Waals surface area contributed by atoms with Crippen LogP contribution < -0.4 is 4.74 Å². The SMILES string of the molecule is Cc1ccc(OCC(=O)N2CCN(C(=O)Cc3ccn(C)c3)CC2)cc1. The average molecular weight is 355 g/mol. The van der Waals surface area contributed by atoms with Crippen molar-refractivity contribution in [2.24, 2.45) is 7.05 Å². The highest BCUT2D eigenvalue weighted by Crippen LogP contribution is 2.12. The third kappa shape index (κ3) is 4.65. The fourth-order valence-corrected chi connectivity index (χ4v) is 3.03. The van der Waals surface area contributed by atoms with Gasteiger partial charge >= 0.3 is 0 Å². The molecule has 26 heavy (non-hydrogen) atoms. The second kappa shape index (κ2) is 8.08. The van der Waals surface area contributed by atoms with Gasteiger partial charge in [-0.25, -0.2) is 0 Å². The summed E-state index contributed by atoms with van der Waals surface area (Å²) in [6.45, 7) is 4.28. The van der Waals surface area contributed by atoms with Crippen molar-refractivity contribution < 1.29 is 14.3 Å². The number of carbonyl (C=O) groups excluding carboxylic acids is 2. The van der Waals surface area contributed by atoms with Crippen LogP contribution in [0.3, 0.4) is 0 Å². The van der Waals surface area contributed by atoms with Crippen molar-refractivity contribution in [1.82, 2.24) is 14.4 Å². The predicted octanol–water partition coefficient (Wildman–Crippen LogP) is 1.63. The van der Waals surface area contributed by atoms with Crippen LogP contribution in [0.25, 0.3) is 0 Å². The van der Waals surface area contributed by atoms with Crippen LogP contribution in [0.15, 0.2) is 42.7 Å². The first-order valence-corrected chi connectivity index (χ1v) is 8.87. The zero-order chi connectivity index (χ0) is 18.5. The van der Waals surface area contributed by atoms with Gasteiger partial charge in [0, 0.05) is 45.6 Å². The van der Waals surface area contributed by atoms with E-state index in [1.807, 2.05) is 66.2 Å². The summed E-state index contributed by atoms with van der Waals surface area (Å²) in [6, 6.07) is 9.60. The Balaban J connectivity index is 1.43. The van der Waals surface area contributed by atoms with E-state index in [1.165, 1.54) is 0 Å². The molecule has 0 bridgehead atoms. The lowest BCUT2D eigenvalue weighted by atomic mass is 10.2. The summed E-state index contributed by atoms with van der Waals surface area (Å²) in [4.78, 5) is 28.3. The molecule has 0 aliphatic carbocycles. The van der Waals surface area contributed by atoms with Gasteiger partial charge in [0.2, 0.25) is 5.91 Å². The molecule has 138 valence electrons. The molecule has 6 nitrogen and oxygen atoms in total. The number of aryl methyl sites for hydroxylation is 2. The van der Waals surface area contributed by atoms with Crippen LogP contribution in [0.4, 0.5) is 0 Å². The Labute approximate surface area is 154 Å². The van der Waals surface area contributed by atoms with E-state index in [-0.39, 0.29) is 18.4 Å². The van der Waals surface area contributed by atoms with Gasteiger partial charge in [0.25, 0.3) is 5.91 Å². The van der Waals surface area contributed by atoms with Crippen LogP contribution in [0.1, 0.15) is 11.1 Å². The van der Waals surface area contributed by atoms with Gasteiger partial charge in [0.15, 0.2) is 6.61 Å². The fourth-order valence-electron chi connectivity index (χ4n) is 3.03. The quantitative estimate of drug-likeness (QED) is 0.819. The highest BCUT2D eigenvalue weighted by Gasteiger charge is 2.24. The van der Waals surface area contributed by atoms with E-state index < -0.39 is 0 Å². The predicted molar refractivity (Wildman–Crippen MR) is 99.0 cm³/mol. The van der Waals surface area contributed by atoms with Crippen molar-refractivity contribution in [3.8, 4) is 5.75 Å². The average Bonchev–Trinajstić information content (AvgIpc) is 3.06.